The highest BCUT2D eigenvalue weighted by Gasteiger charge is 2.44. The number of piperidine rings is 2. The van der Waals surface area contributed by atoms with Gasteiger partial charge in [0.2, 0.25) is 0 Å². The molecule has 2 heterocycles. The molecule has 2 nitrogen and oxygen atoms in total. The van der Waals surface area contributed by atoms with Crippen molar-refractivity contribution in [3.05, 3.63) is 0 Å². The molecule has 1 aliphatic carbocycles. The molecule has 3 aliphatic rings. The zero-order chi connectivity index (χ0) is 11.8. The second-order valence-electron chi connectivity index (χ2n) is 5.91. The van der Waals surface area contributed by atoms with Crippen molar-refractivity contribution in [2.45, 2.75) is 74.7 Å². The number of ketones is 1. The Labute approximate surface area is 109 Å². The molecule has 3 fully saturated rings. The van der Waals surface area contributed by atoms with Crippen LogP contribution in [0.1, 0.15) is 51.4 Å². The van der Waals surface area contributed by atoms with Crippen LogP contribution in [-0.2, 0) is 4.79 Å². The summed E-state index contributed by atoms with van der Waals surface area (Å²) in [4.78, 5) is 14.5. The first-order valence-corrected chi connectivity index (χ1v) is 8.40. The third kappa shape index (κ3) is 2.17. The minimum Gasteiger partial charge on any atom is -0.300 e. The molecule has 96 valence electrons. The number of carbonyl (C=O) groups excluding carboxylic acids is 1. The Morgan fingerprint density at radius 2 is 1.71 bits per heavy atom. The first kappa shape index (κ1) is 12.0. The predicted molar refractivity (Wildman–Crippen MR) is 72.4 cm³/mol. The van der Waals surface area contributed by atoms with Crippen molar-refractivity contribution in [3.63, 3.8) is 0 Å². The number of Topliss-reactive ketones (excluding diaryl/α,β-unsaturated/α-hetero) is 1. The van der Waals surface area contributed by atoms with Gasteiger partial charge in [0, 0.05) is 36.2 Å². The summed E-state index contributed by atoms with van der Waals surface area (Å²) < 4.78 is 0. The fraction of sp³-hybridized carbons (Fsp3) is 0.929. The van der Waals surface area contributed by atoms with Crippen LogP contribution in [0.25, 0.3) is 0 Å². The van der Waals surface area contributed by atoms with Gasteiger partial charge in [0.05, 0.1) is 0 Å². The van der Waals surface area contributed by atoms with Crippen LogP contribution in [0.3, 0.4) is 0 Å². The van der Waals surface area contributed by atoms with Crippen molar-refractivity contribution in [2.75, 3.05) is 6.26 Å². The molecule has 1 saturated carbocycles. The molecule has 2 saturated heterocycles. The molecule has 0 spiro atoms. The van der Waals surface area contributed by atoms with E-state index in [0.29, 0.717) is 17.9 Å². The molecule has 3 heteroatoms. The van der Waals surface area contributed by atoms with Gasteiger partial charge in [-0.2, -0.15) is 11.8 Å². The molecule has 0 amide bonds. The maximum atomic E-state index is 11.8. The van der Waals surface area contributed by atoms with Crippen molar-refractivity contribution >= 4 is 17.5 Å². The van der Waals surface area contributed by atoms with Crippen LogP contribution in [0.2, 0.25) is 0 Å². The summed E-state index contributed by atoms with van der Waals surface area (Å²) in [5.74, 6) is 0.523. The van der Waals surface area contributed by atoms with Crippen LogP contribution in [0, 0.1) is 0 Å². The normalized spacial score (nSPS) is 43.0. The number of fused-ring (bicyclic) bond motifs is 2. The molecule has 0 aromatic rings. The lowest BCUT2D eigenvalue weighted by molar-refractivity contribution is -0.128. The second kappa shape index (κ2) is 4.93. The van der Waals surface area contributed by atoms with Crippen LogP contribution in [0.4, 0.5) is 0 Å². The van der Waals surface area contributed by atoms with E-state index in [-0.39, 0.29) is 0 Å². The van der Waals surface area contributed by atoms with Gasteiger partial charge in [-0.3, -0.25) is 9.69 Å². The standard InChI is InChI=1S/C14H23NOS/c1-17-14-7-3-6-13(14)15-10-4-2-5-11(15)9-12(16)8-10/h10-11,13-14H,2-9H2,1H3. The maximum Gasteiger partial charge on any atom is 0.136 e. The summed E-state index contributed by atoms with van der Waals surface area (Å²) in [7, 11) is 0. The van der Waals surface area contributed by atoms with Crippen LogP contribution in [0.15, 0.2) is 0 Å². The van der Waals surface area contributed by atoms with Gasteiger partial charge >= 0.3 is 0 Å². The maximum absolute atomic E-state index is 11.8. The number of hydrogen-bond donors (Lipinski definition) is 0. The molecule has 0 aromatic heterocycles. The highest BCUT2D eigenvalue weighted by atomic mass is 32.2. The van der Waals surface area contributed by atoms with Gasteiger partial charge in [-0.25, -0.2) is 0 Å². The molecule has 4 atom stereocenters. The smallest absolute Gasteiger partial charge is 0.136 e. The molecule has 0 radical (unpaired) electrons. The van der Waals surface area contributed by atoms with Crippen molar-refractivity contribution in [3.8, 4) is 0 Å². The van der Waals surface area contributed by atoms with Crippen LogP contribution in [-0.4, -0.2) is 40.3 Å². The molecule has 4 unspecified atom stereocenters. The van der Waals surface area contributed by atoms with Gasteiger partial charge in [-0.05, 0) is 31.9 Å². The third-order valence-corrected chi connectivity index (χ3v) is 6.10. The van der Waals surface area contributed by atoms with Crippen molar-refractivity contribution in [2.24, 2.45) is 0 Å². The van der Waals surface area contributed by atoms with Gasteiger partial charge in [-0.1, -0.05) is 12.8 Å². The zero-order valence-corrected chi connectivity index (χ0v) is 11.5. The summed E-state index contributed by atoms with van der Waals surface area (Å²) >= 11 is 2.05. The molecular weight excluding hydrogens is 230 g/mol. The minimum atomic E-state index is 0.523. The largest absolute Gasteiger partial charge is 0.300 e. The highest BCUT2D eigenvalue weighted by Crippen LogP contribution is 2.41. The van der Waals surface area contributed by atoms with E-state index < -0.39 is 0 Å². The SMILES string of the molecule is CSC1CCCC1N1C2CCCC1CC(=O)C2. The van der Waals surface area contributed by atoms with Gasteiger partial charge in [0.15, 0.2) is 0 Å². The van der Waals surface area contributed by atoms with Gasteiger partial charge in [0.1, 0.15) is 5.78 Å². The second-order valence-corrected chi connectivity index (χ2v) is 6.98. The Hall–Kier alpha value is -0.0200. The molecule has 2 aliphatic heterocycles. The summed E-state index contributed by atoms with van der Waals surface area (Å²) in [6, 6.07) is 1.95. The van der Waals surface area contributed by atoms with Crippen LogP contribution >= 0.6 is 11.8 Å². The Bertz CT molecular complexity index is 291. The Kier molecular flexibility index (Phi) is 3.49. The minimum absolute atomic E-state index is 0.523. The molecule has 0 aromatic carbocycles. The van der Waals surface area contributed by atoms with E-state index in [9.17, 15) is 4.79 Å². The van der Waals surface area contributed by atoms with Gasteiger partial charge in [0.25, 0.3) is 0 Å². The first-order valence-electron chi connectivity index (χ1n) is 7.11. The Morgan fingerprint density at radius 3 is 2.35 bits per heavy atom. The average Bonchev–Trinajstić information content (AvgIpc) is 2.75. The number of thioether (sulfide) groups is 1. The highest BCUT2D eigenvalue weighted by molar-refractivity contribution is 7.99. The summed E-state index contributed by atoms with van der Waals surface area (Å²) in [5.41, 5.74) is 0. The molecule has 2 bridgehead atoms. The van der Waals surface area contributed by atoms with Crippen molar-refractivity contribution in [1.29, 1.82) is 0 Å². The van der Waals surface area contributed by atoms with E-state index in [1.54, 1.807) is 0 Å². The van der Waals surface area contributed by atoms with Gasteiger partial charge in [-0.15, -0.1) is 0 Å². The van der Waals surface area contributed by atoms with Crippen LogP contribution < -0.4 is 0 Å². The van der Waals surface area contributed by atoms with Gasteiger partial charge < -0.3 is 0 Å². The van der Waals surface area contributed by atoms with E-state index >= 15 is 0 Å². The number of nitrogens with zero attached hydrogens (tertiary/aromatic N) is 1. The topological polar surface area (TPSA) is 20.3 Å². The van der Waals surface area contributed by atoms with E-state index in [1.165, 1.54) is 38.5 Å². The van der Waals surface area contributed by atoms with E-state index in [2.05, 4.69) is 11.2 Å². The lowest BCUT2D eigenvalue weighted by atomic mass is 9.82. The molecule has 17 heavy (non-hydrogen) atoms. The number of hydrogen-bond acceptors (Lipinski definition) is 3. The molecular formula is C14H23NOS. The predicted octanol–water partition coefficient (Wildman–Crippen LogP) is 2.86. The fourth-order valence-electron chi connectivity index (χ4n) is 4.27. The monoisotopic (exact) mass is 253 g/mol. The van der Waals surface area contributed by atoms with E-state index in [1.807, 2.05) is 11.8 Å². The average molecular weight is 253 g/mol. The fourth-order valence-corrected chi connectivity index (χ4v) is 5.27. The Morgan fingerprint density at radius 1 is 1.06 bits per heavy atom. The Balaban J connectivity index is 1.79. The van der Waals surface area contributed by atoms with Crippen molar-refractivity contribution < 1.29 is 4.79 Å². The van der Waals surface area contributed by atoms with Crippen molar-refractivity contribution in [1.82, 2.24) is 4.90 Å². The molecule has 0 N–H and O–H groups in total. The lowest BCUT2D eigenvalue weighted by Crippen LogP contribution is -2.58. The molecule has 3 rings (SSSR count). The quantitative estimate of drug-likeness (QED) is 0.755. The summed E-state index contributed by atoms with van der Waals surface area (Å²) in [5, 5.41) is 0.825. The first-order chi connectivity index (χ1) is 8.29. The van der Waals surface area contributed by atoms with Crippen LogP contribution in [0.5, 0.6) is 0 Å². The third-order valence-electron chi connectivity index (χ3n) is 4.95. The van der Waals surface area contributed by atoms with E-state index in [4.69, 9.17) is 0 Å². The number of carbonyl (C=O) groups is 1. The summed E-state index contributed by atoms with van der Waals surface area (Å²) in [6.07, 6.45) is 12.0. The zero-order valence-electron chi connectivity index (χ0n) is 10.7. The lowest BCUT2D eigenvalue weighted by Gasteiger charge is -2.50. The van der Waals surface area contributed by atoms with E-state index in [0.717, 1.165) is 24.1 Å². The summed E-state index contributed by atoms with van der Waals surface area (Å²) in [6.45, 7) is 0. The number of rotatable bonds is 2.